The molecule has 0 saturated carbocycles. The lowest BCUT2D eigenvalue weighted by molar-refractivity contribution is -0.140. The van der Waals surface area contributed by atoms with Crippen LogP contribution in [0.1, 0.15) is 20.3 Å². The van der Waals surface area contributed by atoms with Gasteiger partial charge in [0.15, 0.2) is 6.04 Å². The Hall–Kier alpha value is -1.81. The Kier molecular flexibility index (Phi) is 7.47. The molecule has 1 atom stereocenters. The molecule has 0 heterocycles. The summed E-state index contributed by atoms with van der Waals surface area (Å²) in [5, 5.41) is 28.2. The van der Waals surface area contributed by atoms with E-state index in [1.807, 2.05) is 19.9 Å². The summed E-state index contributed by atoms with van der Waals surface area (Å²) in [5.74, 6) is -1.09. The molecule has 0 aromatic heterocycles. The third-order valence-electron chi connectivity index (χ3n) is 2.14. The molecule has 0 aliphatic carbocycles. The quantitative estimate of drug-likeness (QED) is 0.594. The first-order chi connectivity index (χ1) is 8.42. The van der Waals surface area contributed by atoms with Crippen LogP contribution >= 0.6 is 0 Å². The molecule has 0 aliphatic heterocycles. The second kappa shape index (κ2) is 8.31. The number of urea groups is 1. The fourth-order valence-corrected chi connectivity index (χ4v) is 1.33. The number of hydrogen-bond acceptors (Lipinski definition) is 4. The molecule has 102 valence electrons. The molecule has 0 saturated heterocycles. The Bertz CT molecular complexity index is 325. The lowest BCUT2D eigenvalue weighted by Crippen LogP contribution is -2.50. The van der Waals surface area contributed by atoms with Crippen molar-refractivity contribution < 1.29 is 19.8 Å². The molecular formula is C11H19N3O4. The highest BCUT2D eigenvalue weighted by atomic mass is 16.4. The molecular weight excluding hydrogens is 238 g/mol. The first-order valence-electron chi connectivity index (χ1n) is 5.68. The minimum Gasteiger partial charge on any atom is -0.480 e. The van der Waals surface area contributed by atoms with Crippen molar-refractivity contribution in [3.8, 4) is 6.07 Å². The summed E-state index contributed by atoms with van der Waals surface area (Å²) in [4.78, 5) is 23.8. The van der Waals surface area contributed by atoms with Crippen LogP contribution in [0.3, 0.4) is 0 Å². The number of aliphatic hydroxyl groups is 1. The van der Waals surface area contributed by atoms with Crippen LogP contribution in [-0.2, 0) is 4.79 Å². The van der Waals surface area contributed by atoms with E-state index in [0.29, 0.717) is 6.54 Å². The van der Waals surface area contributed by atoms with Crippen LogP contribution in [0, 0.1) is 17.2 Å². The van der Waals surface area contributed by atoms with Gasteiger partial charge in [0.05, 0.1) is 19.1 Å². The van der Waals surface area contributed by atoms with Gasteiger partial charge in [-0.25, -0.2) is 9.59 Å². The molecule has 1 unspecified atom stereocenters. The second-order valence-electron chi connectivity index (χ2n) is 4.27. The van der Waals surface area contributed by atoms with Crippen LogP contribution in [0.4, 0.5) is 4.79 Å². The number of rotatable bonds is 7. The first kappa shape index (κ1) is 16.2. The van der Waals surface area contributed by atoms with Gasteiger partial charge in [-0.05, 0) is 5.92 Å². The van der Waals surface area contributed by atoms with Crippen molar-refractivity contribution in [2.24, 2.45) is 5.92 Å². The number of carboxylic acid groups (broad SMARTS) is 1. The zero-order valence-electron chi connectivity index (χ0n) is 10.6. The number of aliphatic carboxylic acids is 1. The molecule has 0 spiro atoms. The van der Waals surface area contributed by atoms with E-state index in [0.717, 1.165) is 0 Å². The molecule has 7 nitrogen and oxygen atoms in total. The number of aliphatic hydroxyl groups excluding tert-OH is 1. The van der Waals surface area contributed by atoms with Gasteiger partial charge in [-0.1, -0.05) is 13.8 Å². The Morgan fingerprint density at radius 3 is 2.44 bits per heavy atom. The molecule has 0 fully saturated rings. The fraction of sp³-hybridized carbons (Fsp3) is 0.727. The van der Waals surface area contributed by atoms with E-state index >= 15 is 0 Å². The maximum Gasteiger partial charge on any atom is 0.328 e. The normalized spacial score (nSPS) is 11.7. The van der Waals surface area contributed by atoms with Gasteiger partial charge in [-0.15, -0.1) is 0 Å². The van der Waals surface area contributed by atoms with E-state index in [-0.39, 0.29) is 18.9 Å². The SMILES string of the molecule is CC(C)CN(CCC#N)C(=O)NC(CO)C(=O)O. The van der Waals surface area contributed by atoms with Gasteiger partial charge in [0.25, 0.3) is 0 Å². The van der Waals surface area contributed by atoms with E-state index in [1.165, 1.54) is 4.90 Å². The molecule has 0 rings (SSSR count). The predicted molar refractivity (Wildman–Crippen MR) is 63.7 cm³/mol. The maximum atomic E-state index is 11.8. The number of carboxylic acids is 1. The van der Waals surface area contributed by atoms with Crippen molar-refractivity contribution in [1.82, 2.24) is 10.2 Å². The summed E-state index contributed by atoms with van der Waals surface area (Å²) in [6, 6.07) is 0.0213. The largest absolute Gasteiger partial charge is 0.480 e. The van der Waals surface area contributed by atoms with E-state index < -0.39 is 24.6 Å². The third-order valence-corrected chi connectivity index (χ3v) is 2.14. The second-order valence-corrected chi connectivity index (χ2v) is 4.27. The summed E-state index contributed by atoms with van der Waals surface area (Å²) >= 11 is 0. The molecule has 0 radical (unpaired) electrons. The molecule has 3 N–H and O–H groups in total. The number of nitrogens with one attached hydrogen (secondary N) is 1. The molecule has 7 heteroatoms. The minimum absolute atomic E-state index is 0.178. The number of nitriles is 1. The van der Waals surface area contributed by atoms with E-state index in [9.17, 15) is 9.59 Å². The van der Waals surface area contributed by atoms with Crippen molar-refractivity contribution in [1.29, 1.82) is 5.26 Å². The summed E-state index contributed by atoms with van der Waals surface area (Å²) in [5.41, 5.74) is 0. The highest BCUT2D eigenvalue weighted by Crippen LogP contribution is 2.01. The van der Waals surface area contributed by atoms with Crippen molar-refractivity contribution >= 4 is 12.0 Å². The van der Waals surface area contributed by atoms with Crippen LogP contribution in [-0.4, -0.2) is 52.9 Å². The molecule has 0 bridgehead atoms. The average molecular weight is 257 g/mol. The van der Waals surface area contributed by atoms with Crippen molar-refractivity contribution in [2.75, 3.05) is 19.7 Å². The number of nitrogens with zero attached hydrogens (tertiary/aromatic N) is 2. The van der Waals surface area contributed by atoms with Gasteiger partial charge in [0.1, 0.15) is 0 Å². The first-order valence-corrected chi connectivity index (χ1v) is 5.68. The Morgan fingerprint density at radius 2 is 2.06 bits per heavy atom. The summed E-state index contributed by atoms with van der Waals surface area (Å²) < 4.78 is 0. The van der Waals surface area contributed by atoms with Gasteiger partial charge in [-0.2, -0.15) is 5.26 Å². The highest BCUT2D eigenvalue weighted by Gasteiger charge is 2.22. The zero-order chi connectivity index (χ0) is 14.1. The van der Waals surface area contributed by atoms with Gasteiger partial charge >= 0.3 is 12.0 Å². The Labute approximate surface area is 106 Å². The summed E-state index contributed by atoms with van der Waals surface area (Å²) in [6.07, 6.45) is 0.178. The van der Waals surface area contributed by atoms with E-state index in [4.69, 9.17) is 15.5 Å². The number of carbonyl (C=O) groups is 2. The molecule has 18 heavy (non-hydrogen) atoms. The summed E-state index contributed by atoms with van der Waals surface area (Å²) in [6.45, 7) is 3.80. The molecule has 0 aromatic carbocycles. The number of carbonyl (C=O) groups excluding carboxylic acids is 1. The van der Waals surface area contributed by atoms with Gasteiger partial charge in [-0.3, -0.25) is 0 Å². The number of amides is 2. The van der Waals surface area contributed by atoms with E-state index in [2.05, 4.69) is 5.32 Å². The number of hydrogen-bond donors (Lipinski definition) is 3. The summed E-state index contributed by atoms with van der Waals surface area (Å²) in [7, 11) is 0. The Morgan fingerprint density at radius 1 is 1.44 bits per heavy atom. The van der Waals surface area contributed by atoms with Crippen LogP contribution in [0.15, 0.2) is 0 Å². The van der Waals surface area contributed by atoms with Crippen LogP contribution in [0.2, 0.25) is 0 Å². The smallest absolute Gasteiger partial charge is 0.328 e. The lowest BCUT2D eigenvalue weighted by Gasteiger charge is -2.25. The average Bonchev–Trinajstić information content (AvgIpc) is 2.30. The predicted octanol–water partition coefficient (Wildman–Crippen LogP) is 0.0132. The van der Waals surface area contributed by atoms with Gasteiger partial charge < -0.3 is 20.4 Å². The fourth-order valence-electron chi connectivity index (χ4n) is 1.33. The minimum atomic E-state index is -1.32. The topological polar surface area (TPSA) is 114 Å². The third kappa shape index (κ3) is 6.06. The Balaban J connectivity index is 4.53. The van der Waals surface area contributed by atoms with Gasteiger partial charge in [0, 0.05) is 13.1 Å². The highest BCUT2D eigenvalue weighted by molar-refractivity contribution is 5.82. The van der Waals surface area contributed by atoms with Gasteiger partial charge in [0.2, 0.25) is 0 Å². The van der Waals surface area contributed by atoms with Crippen molar-refractivity contribution in [3.05, 3.63) is 0 Å². The van der Waals surface area contributed by atoms with Crippen LogP contribution in [0.5, 0.6) is 0 Å². The van der Waals surface area contributed by atoms with Crippen LogP contribution < -0.4 is 5.32 Å². The van der Waals surface area contributed by atoms with Crippen molar-refractivity contribution in [2.45, 2.75) is 26.3 Å². The van der Waals surface area contributed by atoms with Crippen LogP contribution in [0.25, 0.3) is 0 Å². The molecule has 0 aromatic rings. The monoisotopic (exact) mass is 257 g/mol. The van der Waals surface area contributed by atoms with E-state index in [1.54, 1.807) is 0 Å². The molecule has 2 amide bonds. The zero-order valence-corrected chi connectivity index (χ0v) is 10.6. The van der Waals surface area contributed by atoms with Crippen molar-refractivity contribution in [3.63, 3.8) is 0 Å². The molecule has 0 aliphatic rings. The maximum absolute atomic E-state index is 11.8. The lowest BCUT2D eigenvalue weighted by atomic mass is 10.2. The standard InChI is InChI=1S/C11H19N3O4/c1-8(2)6-14(5-3-4-12)11(18)13-9(7-15)10(16)17/h8-9,15H,3,5-7H2,1-2H3,(H,13,18)(H,16,17).